The maximum absolute atomic E-state index is 15.4. The molecular weight excluding hydrogens is 419 g/mol. The summed E-state index contributed by atoms with van der Waals surface area (Å²) >= 11 is 1.25. The highest BCUT2D eigenvalue weighted by Crippen LogP contribution is 2.40. The molecular formula is C22H23FN4O3S. The number of nitrogens with zero attached hydrogens (tertiary/aromatic N) is 3. The lowest BCUT2D eigenvalue weighted by Crippen LogP contribution is -2.33. The average molecular weight is 443 g/mol. The number of hydrogen-bond acceptors (Lipinski definition) is 6. The summed E-state index contributed by atoms with van der Waals surface area (Å²) in [5.74, 6) is 0.581. The van der Waals surface area contributed by atoms with Gasteiger partial charge in [-0.05, 0) is 50.7 Å². The first-order valence-electron chi connectivity index (χ1n) is 10.7. The van der Waals surface area contributed by atoms with Crippen LogP contribution in [0.2, 0.25) is 0 Å². The van der Waals surface area contributed by atoms with Crippen molar-refractivity contribution >= 4 is 27.8 Å². The van der Waals surface area contributed by atoms with Crippen LogP contribution in [0.25, 0.3) is 10.3 Å². The van der Waals surface area contributed by atoms with Crippen LogP contribution < -0.4 is 10.3 Å². The molecule has 162 valence electrons. The Morgan fingerprint density at radius 3 is 2.71 bits per heavy atom. The summed E-state index contributed by atoms with van der Waals surface area (Å²) in [5.41, 5.74) is -1.82. The van der Waals surface area contributed by atoms with Gasteiger partial charge in [-0.2, -0.15) is 0 Å². The summed E-state index contributed by atoms with van der Waals surface area (Å²) in [6.07, 6.45) is 4.40. The summed E-state index contributed by atoms with van der Waals surface area (Å²) in [6.45, 7) is 0.550. The van der Waals surface area contributed by atoms with Crippen molar-refractivity contribution in [1.29, 1.82) is 0 Å². The van der Waals surface area contributed by atoms with E-state index < -0.39 is 17.3 Å². The molecule has 1 saturated heterocycles. The molecule has 2 fully saturated rings. The van der Waals surface area contributed by atoms with E-state index in [0.717, 1.165) is 32.1 Å². The Balaban J connectivity index is 1.43. The number of aromatic nitrogens is 3. The summed E-state index contributed by atoms with van der Waals surface area (Å²) in [5, 5.41) is 0.629. The standard InChI is InChI=1S/C22H23FN4O3S/c23-22(11-5-2-6-12-22)20-25-17(28)16-19(26-20)31-18(24-16)15-10-7-13-27(15)21(29)30-14-8-3-1-4-9-14/h1,3-4,8-9,15H,2,5-7,10-13H2,(H,25,26,28). The second-order valence-electron chi connectivity index (χ2n) is 8.18. The molecule has 1 aromatic carbocycles. The minimum absolute atomic E-state index is 0.103. The van der Waals surface area contributed by atoms with E-state index in [4.69, 9.17) is 4.74 Å². The van der Waals surface area contributed by atoms with Gasteiger partial charge in [-0.3, -0.25) is 9.69 Å². The fraction of sp³-hybridized carbons (Fsp3) is 0.455. The van der Waals surface area contributed by atoms with E-state index in [2.05, 4.69) is 15.0 Å². The Labute approximate surface area is 182 Å². The van der Waals surface area contributed by atoms with E-state index >= 15 is 4.39 Å². The first kappa shape index (κ1) is 20.1. The summed E-state index contributed by atoms with van der Waals surface area (Å²) in [7, 11) is 0. The average Bonchev–Trinajstić information content (AvgIpc) is 3.42. The number of fused-ring (bicyclic) bond motifs is 1. The minimum Gasteiger partial charge on any atom is -0.410 e. The third-order valence-electron chi connectivity index (χ3n) is 6.08. The number of para-hydroxylation sites is 1. The number of likely N-dealkylation sites (tertiary alicyclic amines) is 1. The van der Waals surface area contributed by atoms with E-state index in [0.29, 0.717) is 35.0 Å². The van der Waals surface area contributed by atoms with Gasteiger partial charge in [0.15, 0.2) is 16.0 Å². The number of carbonyl (C=O) groups excluding carboxylic acids is 1. The van der Waals surface area contributed by atoms with Crippen LogP contribution in [0.1, 0.15) is 61.8 Å². The third kappa shape index (κ3) is 3.82. The van der Waals surface area contributed by atoms with Gasteiger partial charge < -0.3 is 9.72 Å². The molecule has 0 bridgehead atoms. The number of amides is 1. The lowest BCUT2D eigenvalue weighted by atomic mass is 9.86. The van der Waals surface area contributed by atoms with Gasteiger partial charge in [0.1, 0.15) is 16.6 Å². The molecule has 1 unspecified atom stereocenters. The van der Waals surface area contributed by atoms with E-state index in [1.807, 2.05) is 6.07 Å². The lowest BCUT2D eigenvalue weighted by Gasteiger charge is -2.27. The lowest BCUT2D eigenvalue weighted by molar-refractivity contribution is 0.0954. The Morgan fingerprint density at radius 1 is 1.16 bits per heavy atom. The molecule has 2 aromatic heterocycles. The molecule has 1 amide bonds. The van der Waals surface area contributed by atoms with Gasteiger partial charge in [-0.1, -0.05) is 36.0 Å². The van der Waals surface area contributed by atoms with Crippen molar-refractivity contribution < 1.29 is 13.9 Å². The van der Waals surface area contributed by atoms with Crippen LogP contribution in [0.5, 0.6) is 5.75 Å². The Bertz CT molecular complexity index is 1160. The zero-order valence-electron chi connectivity index (χ0n) is 17.0. The zero-order valence-corrected chi connectivity index (χ0v) is 17.8. The molecule has 5 rings (SSSR count). The first-order chi connectivity index (χ1) is 15.0. The second kappa shape index (κ2) is 8.03. The Morgan fingerprint density at radius 2 is 1.94 bits per heavy atom. The smallest absolute Gasteiger partial charge is 0.410 e. The number of halogens is 1. The van der Waals surface area contributed by atoms with Gasteiger partial charge in [-0.15, -0.1) is 0 Å². The summed E-state index contributed by atoms with van der Waals surface area (Å²) < 4.78 is 20.9. The maximum Gasteiger partial charge on any atom is 0.415 e. The molecule has 0 spiro atoms. The molecule has 2 aliphatic rings. The summed E-state index contributed by atoms with van der Waals surface area (Å²) in [4.78, 5) is 39.0. The monoisotopic (exact) mass is 442 g/mol. The predicted molar refractivity (Wildman–Crippen MR) is 115 cm³/mol. The molecule has 3 aromatic rings. The predicted octanol–water partition coefficient (Wildman–Crippen LogP) is 4.84. The fourth-order valence-electron chi connectivity index (χ4n) is 4.44. The topological polar surface area (TPSA) is 88.2 Å². The second-order valence-corrected chi connectivity index (χ2v) is 9.19. The number of alkyl halides is 1. The van der Waals surface area contributed by atoms with Gasteiger partial charge in [0.05, 0.1) is 6.04 Å². The molecule has 9 heteroatoms. The number of H-pyrrole nitrogens is 1. The van der Waals surface area contributed by atoms with Crippen LogP contribution >= 0.6 is 11.3 Å². The van der Waals surface area contributed by atoms with Crippen molar-refractivity contribution in [2.75, 3.05) is 6.54 Å². The molecule has 7 nitrogen and oxygen atoms in total. The number of benzene rings is 1. The third-order valence-corrected chi connectivity index (χ3v) is 7.13. The van der Waals surface area contributed by atoms with Gasteiger partial charge in [0, 0.05) is 6.54 Å². The molecule has 0 radical (unpaired) electrons. The van der Waals surface area contributed by atoms with Crippen LogP contribution in [-0.4, -0.2) is 32.5 Å². The van der Waals surface area contributed by atoms with Gasteiger partial charge in [-0.25, -0.2) is 19.2 Å². The van der Waals surface area contributed by atoms with Crippen LogP contribution in [0.4, 0.5) is 9.18 Å². The van der Waals surface area contributed by atoms with Gasteiger partial charge >= 0.3 is 6.09 Å². The van der Waals surface area contributed by atoms with Crippen molar-refractivity contribution in [3.63, 3.8) is 0 Å². The Hall–Kier alpha value is -2.81. The zero-order chi connectivity index (χ0) is 21.4. The summed E-state index contributed by atoms with van der Waals surface area (Å²) in [6, 6.07) is 8.62. The number of rotatable bonds is 3. The molecule has 3 heterocycles. The van der Waals surface area contributed by atoms with Crippen molar-refractivity contribution in [3.05, 3.63) is 51.5 Å². The van der Waals surface area contributed by atoms with Crippen molar-refractivity contribution in [1.82, 2.24) is 19.9 Å². The van der Waals surface area contributed by atoms with Gasteiger partial charge in [0.25, 0.3) is 5.56 Å². The maximum atomic E-state index is 15.4. The number of aromatic amines is 1. The normalized spacial score (nSPS) is 20.8. The van der Waals surface area contributed by atoms with Crippen LogP contribution in [0, 0.1) is 0 Å². The van der Waals surface area contributed by atoms with Crippen molar-refractivity contribution in [2.24, 2.45) is 0 Å². The van der Waals surface area contributed by atoms with E-state index in [-0.39, 0.29) is 17.4 Å². The quantitative estimate of drug-likeness (QED) is 0.627. The van der Waals surface area contributed by atoms with E-state index in [1.54, 1.807) is 29.2 Å². The number of thiazole rings is 1. The van der Waals surface area contributed by atoms with Crippen molar-refractivity contribution in [2.45, 2.75) is 56.7 Å². The number of carbonyl (C=O) groups is 1. The minimum atomic E-state index is -1.59. The van der Waals surface area contributed by atoms with Crippen LogP contribution in [0.15, 0.2) is 35.1 Å². The fourth-order valence-corrected chi connectivity index (χ4v) is 5.53. The largest absolute Gasteiger partial charge is 0.415 e. The SMILES string of the molecule is O=C(Oc1ccccc1)N1CCCC1c1nc2c(=O)[nH]c(C3(F)CCCCC3)nc2s1. The van der Waals surface area contributed by atoms with Crippen molar-refractivity contribution in [3.8, 4) is 5.75 Å². The highest BCUT2D eigenvalue weighted by atomic mass is 32.1. The molecule has 1 aliphatic heterocycles. The molecule has 1 N–H and O–H groups in total. The molecule has 31 heavy (non-hydrogen) atoms. The number of ether oxygens (including phenoxy) is 1. The Kier molecular flexibility index (Phi) is 5.21. The first-order valence-corrected chi connectivity index (χ1v) is 11.5. The van der Waals surface area contributed by atoms with Gasteiger partial charge in [0.2, 0.25) is 0 Å². The van der Waals surface area contributed by atoms with Crippen LogP contribution in [-0.2, 0) is 5.67 Å². The number of hydrogen-bond donors (Lipinski definition) is 1. The molecule has 1 saturated carbocycles. The highest BCUT2D eigenvalue weighted by Gasteiger charge is 2.38. The highest BCUT2D eigenvalue weighted by molar-refractivity contribution is 7.18. The van der Waals surface area contributed by atoms with E-state index in [1.165, 1.54) is 11.3 Å². The molecule has 1 aliphatic carbocycles. The number of nitrogens with one attached hydrogen (secondary N) is 1. The van der Waals surface area contributed by atoms with Crippen LogP contribution in [0.3, 0.4) is 0 Å². The van der Waals surface area contributed by atoms with E-state index in [9.17, 15) is 9.59 Å². The molecule has 1 atom stereocenters.